The molecule has 1 atom stereocenters. The smallest absolute Gasteiger partial charge is 0.0459 e. The lowest BCUT2D eigenvalue weighted by Crippen LogP contribution is -2.34. The molecule has 0 fully saturated rings. The molecule has 0 heterocycles. The van der Waals surface area contributed by atoms with E-state index in [4.69, 9.17) is 17.3 Å². The Morgan fingerprint density at radius 2 is 1.94 bits per heavy atom. The van der Waals surface area contributed by atoms with Crippen LogP contribution in [0.2, 0.25) is 5.02 Å². The third-order valence-corrected chi connectivity index (χ3v) is 3.80. The molecule has 0 radical (unpaired) electrons. The predicted molar refractivity (Wildman–Crippen MR) is 76.9 cm³/mol. The highest BCUT2D eigenvalue weighted by Gasteiger charge is 2.17. The summed E-state index contributed by atoms with van der Waals surface area (Å²) in [5.41, 5.74) is 8.01. The zero-order chi connectivity index (χ0) is 13.0. The number of rotatable bonds is 5. The van der Waals surface area contributed by atoms with Crippen LogP contribution in [0.1, 0.15) is 26.3 Å². The van der Waals surface area contributed by atoms with E-state index in [-0.39, 0.29) is 0 Å². The second-order valence-corrected chi connectivity index (χ2v) is 5.28. The first kappa shape index (κ1) is 14.3. The maximum absolute atomic E-state index is 6.25. The van der Waals surface area contributed by atoms with Gasteiger partial charge in [-0.2, -0.15) is 0 Å². The second-order valence-electron chi connectivity index (χ2n) is 4.87. The number of nitrogens with two attached hydrogens (primary N) is 1. The Bertz CT molecular complexity index is 363. The van der Waals surface area contributed by atoms with Crippen molar-refractivity contribution in [3.05, 3.63) is 28.8 Å². The Hall–Kier alpha value is -0.730. The topological polar surface area (TPSA) is 29.3 Å². The molecule has 17 heavy (non-hydrogen) atoms. The highest BCUT2D eigenvalue weighted by molar-refractivity contribution is 6.31. The van der Waals surface area contributed by atoms with E-state index in [2.05, 4.69) is 38.8 Å². The SMILES string of the molecule is CC(C)C(C)N(C)c1cccc(Cl)c1CCN. The molecule has 0 bridgehead atoms. The number of nitrogens with zero attached hydrogens (tertiary/aromatic N) is 1. The lowest BCUT2D eigenvalue weighted by Gasteiger charge is -2.32. The van der Waals surface area contributed by atoms with E-state index in [0.717, 1.165) is 17.0 Å². The van der Waals surface area contributed by atoms with Crippen LogP contribution in [0.15, 0.2) is 18.2 Å². The average molecular weight is 255 g/mol. The summed E-state index contributed by atoms with van der Waals surface area (Å²) in [4.78, 5) is 2.29. The fourth-order valence-electron chi connectivity index (χ4n) is 1.94. The van der Waals surface area contributed by atoms with E-state index >= 15 is 0 Å². The van der Waals surface area contributed by atoms with E-state index in [1.54, 1.807) is 0 Å². The van der Waals surface area contributed by atoms with Gasteiger partial charge >= 0.3 is 0 Å². The molecule has 3 heteroatoms. The van der Waals surface area contributed by atoms with Crippen LogP contribution in [0.4, 0.5) is 5.69 Å². The maximum atomic E-state index is 6.25. The third-order valence-electron chi connectivity index (χ3n) is 3.44. The summed E-state index contributed by atoms with van der Waals surface area (Å²) in [6.07, 6.45) is 0.824. The highest BCUT2D eigenvalue weighted by Crippen LogP contribution is 2.29. The van der Waals surface area contributed by atoms with Crippen molar-refractivity contribution in [2.45, 2.75) is 33.2 Å². The lowest BCUT2D eigenvalue weighted by molar-refractivity contribution is 0.505. The maximum Gasteiger partial charge on any atom is 0.0459 e. The van der Waals surface area contributed by atoms with Gasteiger partial charge in [0.25, 0.3) is 0 Å². The van der Waals surface area contributed by atoms with Gasteiger partial charge in [-0.3, -0.25) is 0 Å². The van der Waals surface area contributed by atoms with Crippen molar-refractivity contribution in [1.29, 1.82) is 0 Å². The standard InChI is InChI=1S/C14H23ClN2/c1-10(2)11(3)17(4)14-7-5-6-13(15)12(14)8-9-16/h5-7,10-11H,8-9,16H2,1-4H3. The normalized spacial score (nSPS) is 12.9. The van der Waals surface area contributed by atoms with Gasteiger partial charge < -0.3 is 10.6 Å². The quantitative estimate of drug-likeness (QED) is 0.874. The van der Waals surface area contributed by atoms with Crippen LogP contribution in [0.5, 0.6) is 0 Å². The van der Waals surface area contributed by atoms with Crippen molar-refractivity contribution in [1.82, 2.24) is 0 Å². The molecule has 2 N–H and O–H groups in total. The fourth-order valence-corrected chi connectivity index (χ4v) is 2.20. The first-order valence-electron chi connectivity index (χ1n) is 6.19. The Balaban J connectivity index is 3.07. The summed E-state index contributed by atoms with van der Waals surface area (Å²) in [7, 11) is 2.12. The molecule has 0 aliphatic heterocycles. The Morgan fingerprint density at radius 1 is 1.29 bits per heavy atom. The molecular weight excluding hydrogens is 232 g/mol. The van der Waals surface area contributed by atoms with Gasteiger partial charge in [-0.15, -0.1) is 0 Å². The lowest BCUT2D eigenvalue weighted by atomic mass is 10.0. The first-order chi connectivity index (χ1) is 7.99. The van der Waals surface area contributed by atoms with E-state index in [0.29, 0.717) is 18.5 Å². The highest BCUT2D eigenvalue weighted by atomic mass is 35.5. The molecule has 1 aromatic rings. The Kier molecular flexibility index (Phi) is 5.29. The molecule has 0 aliphatic rings. The summed E-state index contributed by atoms with van der Waals surface area (Å²) in [5, 5.41) is 0.816. The van der Waals surface area contributed by atoms with Gasteiger partial charge in [-0.1, -0.05) is 31.5 Å². The minimum absolute atomic E-state index is 0.477. The Morgan fingerprint density at radius 3 is 2.47 bits per heavy atom. The summed E-state index contributed by atoms with van der Waals surface area (Å²) in [5.74, 6) is 0.602. The van der Waals surface area contributed by atoms with Crippen molar-refractivity contribution in [3.63, 3.8) is 0 Å². The molecule has 0 spiro atoms. The van der Waals surface area contributed by atoms with Crippen LogP contribution < -0.4 is 10.6 Å². The van der Waals surface area contributed by atoms with Crippen LogP contribution in [0.25, 0.3) is 0 Å². The molecule has 1 aromatic carbocycles. The Labute approximate surface area is 110 Å². The number of hydrogen-bond acceptors (Lipinski definition) is 2. The largest absolute Gasteiger partial charge is 0.371 e. The van der Waals surface area contributed by atoms with Crippen molar-refractivity contribution < 1.29 is 0 Å². The van der Waals surface area contributed by atoms with Crippen LogP contribution >= 0.6 is 11.6 Å². The minimum Gasteiger partial charge on any atom is -0.371 e. The van der Waals surface area contributed by atoms with Gasteiger partial charge in [0.2, 0.25) is 0 Å². The zero-order valence-electron chi connectivity index (χ0n) is 11.2. The van der Waals surface area contributed by atoms with Crippen molar-refractivity contribution in [2.24, 2.45) is 11.7 Å². The number of halogens is 1. The monoisotopic (exact) mass is 254 g/mol. The van der Waals surface area contributed by atoms with Gasteiger partial charge in [-0.25, -0.2) is 0 Å². The van der Waals surface area contributed by atoms with Crippen LogP contribution in [-0.2, 0) is 6.42 Å². The number of hydrogen-bond donors (Lipinski definition) is 1. The minimum atomic E-state index is 0.477. The summed E-state index contributed by atoms with van der Waals surface area (Å²) in [6, 6.07) is 6.53. The van der Waals surface area contributed by atoms with Gasteiger partial charge in [0.15, 0.2) is 0 Å². The van der Waals surface area contributed by atoms with E-state index in [1.807, 2.05) is 12.1 Å². The average Bonchev–Trinajstić information content (AvgIpc) is 2.30. The van der Waals surface area contributed by atoms with E-state index in [9.17, 15) is 0 Å². The second kappa shape index (κ2) is 6.27. The zero-order valence-corrected chi connectivity index (χ0v) is 12.0. The van der Waals surface area contributed by atoms with Gasteiger partial charge in [0, 0.05) is 23.8 Å². The molecule has 0 aliphatic carbocycles. The fraction of sp³-hybridized carbons (Fsp3) is 0.571. The molecule has 96 valence electrons. The van der Waals surface area contributed by atoms with Crippen molar-refractivity contribution >= 4 is 17.3 Å². The number of benzene rings is 1. The molecule has 2 nitrogen and oxygen atoms in total. The molecule has 0 aromatic heterocycles. The molecule has 1 rings (SSSR count). The van der Waals surface area contributed by atoms with Gasteiger partial charge in [0.1, 0.15) is 0 Å². The summed E-state index contributed by atoms with van der Waals surface area (Å²) >= 11 is 6.25. The predicted octanol–water partition coefficient (Wildman–Crippen LogP) is 3.32. The van der Waals surface area contributed by atoms with E-state index in [1.165, 1.54) is 5.69 Å². The molecular formula is C14H23ClN2. The molecule has 0 saturated carbocycles. The van der Waals surface area contributed by atoms with Gasteiger partial charge in [0.05, 0.1) is 0 Å². The molecule has 0 saturated heterocycles. The number of anilines is 1. The van der Waals surface area contributed by atoms with Crippen molar-refractivity contribution in [2.75, 3.05) is 18.5 Å². The summed E-state index contributed by atoms with van der Waals surface area (Å²) < 4.78 is 0. The molecule has 1 unspecified atom stereocenters. The first-order valence-corrected chi connectivity index (χ1v) is 6.57. The van der Waals surface area contributed by atoms with Crippen LogP contribution in [0, 0.1) is 5.92 Å². The van der Waals surface area contributed by atoms with Gasteiger partial charge in [-0.05, 0) is 43.5 Å². The molecule has 0 amide bonds. The van der Waals surface area contributed by atoms with Crippen LogP contribution in [-0.4, -0.2) is 19.6 Å². The van der Waals surface area contributed by atoms with E-state index < -0.39 is 0 Å². The van der Waals surface area contributed by atoms with Crippen LogP contribution in [0.3, 0.4) is 0 Å². The summed E-state index contributed by atoms with van der Waals surface area (Å²) in [6.45, 7) is 7.32. The third kappa shape index (κ3) is 3.36. The van der Waals surface area contributed by atoms with Crippen molar-refractivity contribution in [3.8, 4) is 0 Å².